The number of hydrogen-bond acceptors (Lipinski definition) is 3. The summed E-state index contributed by atoms with van der Waals surface area (Å²) in [6, 6.07) is 5.96. The number of rotatable bonds is 5. The van der Waals surface area contributed by atoms with Crippen LogP contribution in [0, 0.1) is 5.41 Å². The van der Waals surface area contributed by atoms with Crippen molar-refractivity contribution in [1.82, 2.24) is 4.90 Å². The third-order valence-electron chi connectivity index (χ3n) is 5.21. The summed E-state index contributed by atoms with van der Waals surface area (Å²) < 4.78 is 10.6. The van der Waals surface area contributed by atoms with Gasteiger partial charge in [0.1, 0.15) is 0 Å². The van der Waals surface area contributed by atoms with Crippen molar-refractivity contribution in [3.05, 3.63) is 35.5 Å². The van der Waals surface area contributed by atoms with Crippen LogP contribution in [0.4, 0.5) is 0 Å². The molecule has 124 valence electrons. The minimum atomic E-state index is 0.200. The molecule has 1 fully saturated rings. The van der Waals surface area contributed by atoms with Crippen LogP contribution in [0.3, 0.4) is 0 Å². The predicted octanol–water partition coefficient (Wildman–Crippen LogP) is 3.55. The van der Waals surface area contributed by atoms with Crippen LogP contribution >= 0.6 is 0 Å². The lowest BCUT2D eigenvalue weighted by atomic mass is 9.79. The van der Waals surface area contributed by atoms with Crippen molar-refractivity contribution in [3.8, 4) is 11.5 Å². The van der Waals surface area contributed by atoms with Gasteiger partial charge in [0.05, 0.1) is 14.2 Å². The normalized spacial score (nSPS) is 23.5. The molecule has 0 N–H and O–H groups in total. The summed E-state index contributed by atoms with van der Waals surface area (Å²) in [6.45, 7) is 3.03. The van der Waals surface area contributed by atoms with E-state index in [2.05, 4.69) is 13.0 Å². The first-order chi connectivity index (χ1) is 11.1. The Hall–Kier alpha value is -1.97. The Morgan fingerprint density at radius 3 is 2.70 bits per heavy atom. The Labute approximate surface area is 138 Å². The lowest BCUT2D eigenvalue weighted by molar-refractivity contribution is -0.133. The van der Waals surface area contributed by atoms with E-state index < -0.39 is 0 Å². The van der Waals surface area contributed by atoms with Crippen LogP contribution < -0.4 is 9.47 Å². The van der Waals surface area contributed by atoms with Gasteiger partial charge in [-0.05, 0) is 43.4 Å². The molecule has 0 spiro atoms. The quantitative estimate of drug-likeness (QED) is 0.834. The summed E-state index contributed by atoms with van der Waals surface area (Å²) in [5.74, 6) is 1.73. The molecule has 1 aliphatic heterocycles. The highest BCUT2D eigenvalue weighted by atomic mass is 16.5. The van der Waals surface area contributed by atoms with Crippen molar-refractivity contribution < 1.29 is 14.3 Å². The van der Waals surface area contributed by atoms with Gasteiger partial charge in [-0.25, -0.2) is 0 Å². The van der Waals surface area contributed by atoms with E-state index in [9.17, 15) is 4.79 Å². The standard InChI is InChI=1S/C19H25NO3/c1-19-10-4-5-17(19)20(18(21)8-11-19)12-9-14-6-7-15(22-2)16(13-14)23-3/h5-7,13H,4,8-12H2,1-3H3. The van der Waals surface area contributed by atoms with E-state index >= 15 is 0 Å². The molecular formula is C19H25NO3. The Morgan fingerprint density at radius 1 is 1.17 bits per heavy atom. The van der Waals surface area contributed by atoms with Gasteiger partial charge in [0.15, 0.2) is 11.5 Å². The summed E-state index contributed by atoms with van der Waals surface area (Å²) in [7, 11) is 3.28. The molecule has 2 aliphatic rings. The molecule has 1 aromatic rings. The van der Waals surface area contributed by atoms with Crippen LogP contribution in [-0.4, -0.2) is 31.6 Å². The maximum absolute atomic E-state index is 12.4. The van der Waals surface area contributed by atoms with Gasteiger partial charge in [-0.1, -0.05) is 19.1 Å². The third-order valence-corrected chi connectivity index (χ3v) is 5.21. The van der Waals surface area contributed by atoms with E-state index in [0.29, 0.717) is 6.42 Å². The van der Waals surface area contributed by atoms with Crippen LogP contribution in [0.15, 0.2) is 30.0 Å². The van der Waals surface area contributed by atoms with Crippen molar-refractivity contribution in [3.63, 3.8) is 0 Å². The van der Waals surface area contributed by atoms with Gasteiger partial charge >= 0.3 is 0 Å². The van der Waals surface area contributed by atoms with E-state index in [4.69, 9.17) is 9.47 Å². The molecule has 0 radical (unpaired) electrons. The summed E-state index contributed by atoms with van der Waals surface area (Å²) in [4.78, 5) is 14.4. The first-order valence-electron chi connectivity index (χ1n) is 8.29. The van der Waals surface area contributed by atoms with E-state index in [1.54, 1.807) is 14.2 Å². The van der Waals surface area contributed by atoms with Gasteiger partial charge in [0, 0.05) is 24.1 Å². The molecule has 3 rings (SSSR count). The first kappa shape index (κ1) is 15.9. The van der Waals surface area contributed by atoms with Gasteiger partial charge in [-0.2, -0.15) is 0 Å². The summed E-state index contributed by atoms with van der Waals surface area (Å²) in [5.41, 5.74) is 2.60. The number of hydrogen-bond donors (Lipinski definition) is 0. The van der Waals surface area contributed by atoms with Crippen molar-refractivity contribution >= 4 is 5.91 Å². The fraction of sp³-hybridized carbons (Fsp3) is 0.526. The molecule has 4 nitrogen and oxygen atoms in total. The minimum Gasteiger partial charge on any atom is -0.493 e. The molecule has 1 unspecified atom stereocenters. The Balaban J connectivity index is 1.73. The van der Waals surface area contributed by atoms with E-state index in [0.717, 1.165) is 42.9 Å². The smallest absolute Gasteiger partial charge is 0.226 e. The number of amides is 1. The van der Waals surface area contributed by atoms with Gasteiger partial charge in [0.2, 0.25) is 5.91 Å². The Bertz CT molecular complexity index is 638. The SMILES string of the molecule is COc1ccc(CCN2C(=O)CCC3(C)CCC=C23)cc1OC. The second-order valence-electron chi connectivity index (χ2n) is 6.67. The fourth-order valence-electron chi connectivity index (χ4n) is 3.77. The zero-order valence-corrected chi connectivity index (χ0v) is 14.2. The Kier molecular flexibility index (Phi) is 4.33. The fourth-order valence-corrected chi connectivity index (χ4v) is 3.77. The lowest BCUT2D eigenvalue weighted by Crippen LogP contribution is -2.42. The molecule has 1 aromatic carbocycles. The molecule has 0 aromatic heterocycles. The zero-order valence-electron chi connectivity index (χ0n) is 14.2. The first-order valence-corrected chi connectivity index (χ1v) is 8.29. The second-order valence-corrected chi connectivity index (χ2v) is 6.67. The van der Waals surface area contributed by atoms with Crippen molar-refractivity contribution in [2.45, 2.75) is 39.0 Å². The molecule has 1 aliphatic carbocycles. The molecule has 1 heterocycles. The predicted molar refractivity (Wildman–Crippen MR) is 89.6 cm³/mol. The Morgan fingerprint density at radius 2 is 1.96 bits per heavy atom. The van der Waals surface area contributed by atoms with Crippen LogP contribution in [0.25, 0.3) is 0 Å². The maximum atomic E-state index is 12.4. The second kappa shape index (κ2) is 6.26. The number of benzene rings is 1. The number of carbonyl (C=O) groups is 1. The molecular weight excluding hydrogens is 290 g/mol. The number of fused-ring (bicyclic) bond motifs is 1. The van der Waals surface area contributed by atoms with Crippen LogP contribution in [0.1, 0.15) is 38.2 Å². The number of piperidine rings is 1. The van der Waals surface area contributed by atoms with Crippen molar-refractivity contribution in [2.24, 2.45) is 5.41 Å². The number of likely N-dealkylation sites (tertiary alicyclic amines) is 1. The zero-order chi connectivity index (χ0) is 16.4. The van der Waals surface area contributed by atoms with Crippen LogP contribution in [-0.2, 0) is 11.2 Å². The molecule has 23 heavy (non-hydrogen) atoms. The summed E-state index contributed by atoms with van der Waals surface area (Å²) >= 11 is 0. The highest BCUT2D eigenvalue weighted by molar-refractivity contribution is 5.80. The molecule has 1 atom stereocenters. The molecule has 0 saturated carbocycles. The number of nitrogens with zero attached hydrogens (tertiary/aromatic N) is 1. The summed E-state index contributed by atoms with van der Waals surface area (Å²) in [6.07, 6.45) is 6.99. The lowest BCUT2D eigenvalue weighted by Gasteiger charge is -2.40. The molecule has 1 saturated heterocycles. The maximum Gasteiger partial charge on any atom is 0.226 e. The van der Waals surface area contributed by atoms with Crippen LogP contribution in [0.2, 0.25) is 0 Å². The monoisotopic (exact) mass is 315 g/mol. The van der Waals surface area contributed by atoms with Crippen molar-refractivity contribution in [1.29, 1.82) is 0 Å². The molecule has 1 amide bonds. The van der Waals surface area contributed by atoms with E-state index in [1.165, 1.54) is 12.1 Å². The van der Waals surface area contributed by atoms with Gasteiger partial charge < -0.3 is 14.4 Å². The molecule has 4 heteroatoms. The van der Waals surface area contributed by atoms with Gasteiger partial charge in [-0.15, -0.1) is 0 Å². The summed E-state index contributed by atoms with van der Waals surface area (Å²) in [5, 5.41) is 0. The number of allylic oxidation sites excluding steroid dienone is 2. The minimum absolute atomic E-state index is 0.200. The van der Waals surface area contributed by atoms with Crippen LogP contribution in [0.5, 0.6) is 11.5 Å². The average Bonchev–Trinajstić information content (AvgIpc) is 2.96. The van der Waals surface area contributed by atoms with Gasteiger partial charge in [-0.3, -0.25) is 4.79 Å². The largest absolute Gasteiger partial charge is 0.493 e. The number of ether oxygens (including phenoxy) is 2. The average molecular weight is 315 g/mol. The van der Waals surface area contributed by atoms with E-state index in [1.807, 2.05) is 23.1 Å². The van der Waals surface area contributed by atoms with Crippen molar-refractivity contribution in [2.75, 3.05) is 20.8 Å². The highest BCUT2D eigenvalue weighted by Crippen LogP contribution is 2.47. The highest BCUT2D eigenvalue weighted by Gasteiger charge is 2.41. The molecule has 0 bridgehead atoms. The number of methoxy groups -OCH3 is 2. The topological polar surface area (TPSA) is 38.8 Å². The number of carbonyl (C=O) groups excluding carboxylic acids is 1. The third kappa shape index (κ3) is 2.94. The van der Waals surface area contributed by atoms with Gasteiger partial charge in [0.25, 0.3) is 0 Å². The van der Waals surface area contributed by atoms with E-state index in [-0.39, 0.29) is 11.3 Å².